The molecule has 0 aliphatic carbocycles. The predicted molar refractivity (Wildman–Crippen MR) is 149 cm³/mol. The van der Waals surface area contributed by atoms with E-state index in [1.165, 1.54) is 6.26 Å². The van der Waals surface area contributed by atoms with Gasteiger partial charge in [-0.05, 0) is 62.0 Å². The number of piperidine rings is 1. The molecule has 8 heteroatoms. The van der Waals surface area contributed by atoms with E-state index in [1.807, 2.05) is 43.9 Å². The molecule has 2 heterocycles. The number of sulfone groups is 1. The fraction of sp³-hybridized carbons (Fsp3) is 0.533. The van der Waals surface area contributed by atoms with Crippen LogP contribution in [0.2, 0.25) is 0 Å². The summed E-state index contributed by atoms with van der Waals surface area (Å²) in [6.07, 6.45) is 4.59. The van der Waals surface area contributed by atoms with Gasteiger partial charge in [0.25, 0.3) is 0 Å². The van der Waals surface area contributed by atoms with Gasteiger partial charge in [-0.25, -0.2) is 8.42 Å². The largest absolute Gasteiger partial charge is 0.349 e. The normalized spacial score (nSPS) is 19.1. The summed E-state index contributed by atoms with van der Waals surface area (Å²) in [6, 6.07) is 16.9. The molecule has 0 bridgehead atoms. The van der Waals surface area contributed by atoms with Gasteiger partial charge >= 0.3 is 0 Å². The van der Waals surface area contributed by atoms with E-state index in [0.717, 1.165) is 63.0 Å². The van der Waals surface area contributed by atoms with Crippen molar-refractivity contribution in [1.29, 1.82) is 0 Å². The Morgan fingerprint density at radius 3 is 2.16 bits per heavy atom. The van der Waals surface area contributed by atoms with Crippen LogP contribution in [0.1, 0.15) is 63.6 Å². The van der Waals surface area contributed by atoms with Crippen molar-refractivity contribution in [2.45, 2.75) is 63.9 Å². The summed E-state index contributed by atoms with van der Waals surface area (Å²) in [4.78, 5) is 30.8. The molecule has 2 aromatic carbocycles. The van der Waals surface area contributed by atoms with Crippen molar-refractivity contribution >= 4 is 21.7 Å². The summed E-state index contributed by atoms with van der Waals surface area (Å²) in [5.74, 6) is 0.274. The first-order valence-corrected chi connectivity index (χ1v) is 15.4. The molecule has 206 valence electrons. The molecule has 1 atom stereocenters. The van der Waals surface area contributed by atoms with Gasteiger partial charge < -0.3 is 15.1 Å². The SMILES string of the molecule is CC(C)(C)C(=O)NC(CCN1CCC2(CC1)CCN(Cc1ccc(S(C)(=O)=O)cc1)C2=O)c1ccccc1. The summed E-state index contributed by atoms with van der Waals surface area (Å²) in [5, 5.41) is 3.25. The van der Waals surface area contributed by atoms with Gasteiger partial charge in [-0.2, -0.15) is 0 Å². The first-order chi connectivity index (χ1) is 17.9. The van der Waals surface area contributed by atoms with E-state index in [0.29, 0.717) is 11.4 Å². The highest BCUT2D eigenvalue weighted by atomic mass is 32.2. The smallest absolute Gasteiger partial charge is 0.229 e. The lowest BCUT2D eigenvalue weighted by atomic mass is 9.77. The van der Waals surface area contributed by atoms with Gasteiger partial charge in [0.05, 0.1) is 16.4 Å². The van der Waals surface area contributed by atoms with Crippen molar-refractivity contribution in [3.8, 4) is 0 Å². The summed E-state index contributed by atoms with van der Waals surface area (Å²) in [6.45, 7) is 9.66. The van der Waals surface area contributed by atoms with E-state index in [4.69, 9.17) is 0 Å². The Balaban J connectivity index is 1.32. The quantitative estimate of drug-likeness (QED) is 0.543. The lowest BCUT2D eigenvalue weighted by Gasteiger charge is -2.38. The Kier molecular flexibility index (Phi) is 8.33. The predicted octanol–water partition coefficient (Wildman–Crippen LogP) is 4.20. The summed E-state index contributed by atoms with van der Waals surface area (Å²) < 4.78 is 23.5. The van der Waals surface area contributed by atoms with E-state index < -0.39 is 15.3 Å². The molecule has 2 aliphatic rings. The van der Waals surface area contributed by atoms with Crippen molar-refractivity contribution in [1.82, 2.24) is 15.1 Å². The number of likely N-dealkylation sites (tertiary alicyclic amines) is 2. The zero-order chi connectivity index (χ0) is 27.6. The summed E-state index contributed by atoms with van der Waals surface area (Å²) >= 11 is 0. The van der Waals surface area contributed by atoms with Crippen LogP contribution in [0, 0.1) is 10.8 Å². The van der Waals surface area contributed by atoms with Crippen LogP contribution < -0.4 is 5.32 Å². The van der Waals surface area contributed by atoms with Crippen molar-refractivity contribution in [2.75, 3.05) is 32.4 Å². The average molecular weight is 540 g/mol. The van der Waals surface area contributed by atoms with E-state index in [2.05, 4.69) is 22.3 Å². The highest BCUT2D eigenvalue weighted by molar-refractivity contribution is 7.90. The molecule has 2 amide bonds. The highest BCUT2D eigenvalue weighted by Gasteiger charge is 2.47. The molecule has 0 aromatic heterocycles. The van der Waals surface area contributed by atoms with Crippen molar-refractivity contribution in [3.05, 3.63) is 65.7 Å². The summed E-state index contributed by atoms with van der Waals surface area (Å²) in [5.41, 5.74) is 1.33. The number of hydrogen-bond acceptors (Lipinski definition) is 5. The molecule has 7 nitrogen and oxygen atoms in total. The first kappa shape index (κ1) is 28.3. The number of nitrogens with one attached hydrogen (secondary N) is 1. The molecule has 2 aliphatic heterocycles. The molecule has 2 saturated heterocycles. The molecule has 0 radical (unpaired) electrons. The minimum atomic E-state index is -3.23. The number of hydrogen-bond donors (Lipinski definition) is 1. The molecule has 1 N–H and O–H groups in total. The number of carbonyl (C=O) groups excluding carboxylic acids is 2. The van der Waals surface area contributed by atoms with Crippen LogP contribution in [0.25, 0.3) is 0 Å². The van der Waals surface area contributed by atoms with Crippen LogP contribution >= 0.6 is 0 Å². The third-order valence-electron chi connectivity index (χ3n) is 8.06. The van der Waals surface area contributed by atoms with Gasteiger partial charge in [-0.1, -0.05) is 63.2 Å². The topological polar surface area (TPSA) is 86.8 Å². The average Bonchev–Trinajstić information content (AvgIpc) is 3.17. The number of benzene rings is 2. The monoisotopic (exact) mass is 539 g/mol. The lowest BCUT2D eigenvalue weighted by Crippen LogP contribution is -2.45. The zero-order valence-corrected chi connectivity index (χ0v) is 23.9. The van der Waals surface area contributed by atoms with Crippen LogP contribution in [0.4, 0.5) is 0 Å². The Morgan fingerprint density at radius 1 is 0.974 bits per heavy atom. The van der Waals surface area contributed by atoms with E-state index >= 15 is 0 Å². The van der Waals surface area contributed by atoms with Crippen molar-refractivity contribution in [3.63, 3.8) is 0 Å². The fourth-order valence-corrected chi connectivity index (χ4v) is 6.10. The van der Waals surface area contributed by atoms with Gasteiger partial charge in [0.1, 0.15) is 0 Å². The molecule has 2 fully saturated rings. The number of amides is 2. The van der Waals surface area contributed by atoms with Gasteiger partial charge in [-0.3, -0.25) is 9.59 Å². The molecule has 4 rings (SSSR count). The minimum absolute atomic E-state index is 0.0449. The van der Waals surface area contributed by atoms with Crippen molar-refractivity contribution < 1.29 is 18.0 Å². The molecule has 0 saturated carbocycles. The number of nitrogens with zero attached hydrogens (tertiary/aromatic N) is 2. The number of carbonyl (C=O) groups is 2. The van der Waals surface area contributed by atoms with Gasteiger partial charge in [0.15, 0.2) is 9.84 Å². The first-order valence-electron chi connectivity index (χ1n) is 13.5. The third kappa shape index (κ3) is 6.64. The van der Waals surface area contributed by atoms with Crippen LogP contribution in [0.5, 0.6) is 0 Å². The van der Waals surface area contributed by atoms with E-state index in [-0.39, 0.29) is 23.3 Å². The third-order valence-corrected chi connectivity index (χ3v) is 9.19. The van der Waals surface area contributed by atoms with Gasteiger partial charge in [0.2, 0.25) is 11.8 Å². The van der Waals surface area contributed by atoms with Crippen LogP contribution in [-0.2, 0) is 26.0 Å². The standard InChI is InChI=1S/C30H41N3O4S/c1-29(2,3)27(34)31-26(24-8-6-5-7-9-24)14-18-32-19-15-30(16-20-32)17-21-33(28(30)35)22-23-10-12-25(13-11-23)38(4,36)37/h5-13,26H,14-22H2,1-4H3,(H,31,34). The molecular formula is C30H41N3O4S. The number of rotatable bonds is 8. The molecular weight excluding hydrogens is 498 g/mol. The molecule has 38 heavy (non-hydrogen) atoms. The Bertz CT molecular complexity index is 1230. The van der Waals surface area contributed by atoms with Crippen LogP contribution in [0.15, 0.2) is 59.5 Å². The Hall–Kier alpha value is -2.71. The Labute approximate surface area is 227 Å². The maximum Gasteiger partial charge on any atom is 0.229 e. The van der Waals surface area contributed by atoms with Crippen LogP contribution in [0.3, 0.4) is 0 Å². The fourth-order valence-electron chi connectivity index (χ4n) is 5.47. The second-order valence-corrected chi connectivity index (χ2v) is 14.0. The summed E-state index contributed by atoms with van der Waals surface area (Å²) in [7, 11) is -3.23. The minimum Gasteiger partial charge on any atom is -0.349 e. The maximum atomic E-state index is 13.4. The van der Waals surface area contributed by atoms with Crippen molar-refractivity contribution in [2.24, 2.45) is 10.8 Å². The molecule has 1 unspecified atom stereocenters. The lowest BCUT2D eigenvalue weighted by molar-refractivity contribution is -0.139. The van der Waals surface area contributed by atoms with E-state index in [9.17, 15) is 18.0 Å². The van der Waals surface area contributed by atoms with E-state index in [1.54, 1.807) is 24.3 Å². The zero-order valence-electron chi connectivity index (χ0n) is 23.1. The maximum absolute atomic E-state index is 13.4. The second kappa shape index (κ2) is 11.2. The van der Waals surface area contributed by atoms with Crippen LogP contribution in [-0.4, -0.2) is 62.5 Å². The van der Waals surface area contributed by atoms with Gasteiger partial charge in [0, 0.05) is 31.3 Å². The highest BCUT2D eigenvalue weighted by Crippen LogP contribution is 2.42. The molecule has 2 aromatic rings. The Morgan fingerprint density at radius 2 is 1.58 bits per heavy atom. The second-order valence-electron chi connectivity index (χ2n) is 12.0. The molecule has 1 spiro atoms. The van der Waals surface area contributed by atoms with Gasteiger partial charge in [-0.15, -0.1) is 0 Å².